The van der Waals surface area contributed by atoms with Crippen LogP contribution in [0.15, 0.2) is 53.5 Å². The van der Waals surface area contributed by atoms with Gasteiger partial charge in [0.25, 0.3) is 5.91 Å². The first-order chi connectivity index (χ1) is 21.1. The number of anilines is 1. The Kier molecular flexibility index (Phi) is 7.73. The topological polar surface area (TPSA) is 88.1 Å². The van der Waals surface area contributed by atoms with Crippen LogP contribution in [0.5, 0.6) is 11.5 Å². The Morgan fingerprint density at radius 3 is 2.47 bits per heavy atom. The number of pyridine rings is 1. The van der Waals surface area contributed by atoms with Crippen LogP contribution in [0.3, 0.4) is 0 Å². The van der Waals surface area contributed by atoms with Crippen molar-refractivity contribution in [1.29, 1.82) is 0 Å². The minimum absolute atomic E-state index is 0.0218. The molecule has 7 rings (SSSR count). The summed E-state index contributed by atoms with van der Waals surface area (Å²) in [6.45, 7) is 7.87. The summed E-state index contributed by atoms with van der Waals surface area (Å²) in [4.78, 5) is 31.7. The van der Waals surface area contributed by atoms with Crippen molar-refractivity contribution in [1.82, 2.24) is 19.7 Å². The molecule has 1 aromatic heterocycles. The van der Waals surface area contributed by atoms with Gasteiger partial charge in [-0.25, -0.2) is 4.39 Å². The molecule has 224 valence electrons. The Balaban J connectivity index is 1.26. The third kappa shape index (κ3) is 5.46. The molecule has 0 atom stereocenters. The van der Waals surface area contributed by atoms with E-state index >= 15 is 4.39 Å². The molecule has 4 aromatic rings. The molecule has 0 bridgehead atoms. The molecule has 0 saturated carbocycles. The number of fused-ring (bicyclic) bond motifs is 3. The summed E-state index contributed by atoms with van der Waals surface area (Å²) in [6, 6.07) is 13.0. The van der Waals surface area contributed by atoms with Gasteiger partial charge in [0.15, 0.2) is 17.3 Å². The minimum Gasteiger partial charge on any atom is -0.451 e. The Morgan fingerprint density at radius 1 is 0.930 bits per heavy atom. The van der Waals surface area contributed by atoms with Crippen molar-refractivity contribution in [2.45, 2.75) is 19.3 Å². The van der Waals surface area contributed by atoms with E-state index in [-0.39, 0.29) is 22.4 Å². The monoisotopic (exact) mass is 585 g/mol. The van der Waals surface area contributed by atoms with Gasteiger partial charge in [-0.15, -0.1) is 0 Å². The summed E-state index contributed by atoms with van der Waals surface area (Å²) < 4.78 is 29.4. The second-order valence-electron chi connectivity index (χ2n) is 11.5. The zero-order chi connectivity index (χ0) is 29.3. The number of aromatic nitrogens is 1. The van der Waals surface area contributed by atoms with Gasteiger partial charge in [0.05, 0.1) is 24.3 Å². The van der Waals surface area contributed by atoms with Gasteiger partial charge in [-0.1, -0.05) is 24.3 Å². The van der Waals surface area contributed by atoms with Gasteiger partial charge in [0.2, 0.25) is 5.43 Å². The molecule has 43 heavy (non-hydrogen) atoms. The predicted molar refractivity (Wildman–Crippen MR) is 165 cm³/mol. The third-order valence-corrected chi connectivity index (χ3v) is 8.71. The Bertz CT molecular complexity index is 1740. The van der Waals surface area contributed by atoms with E-state index in [4.69, 9.17) is 9.47 Å². The standard InChI is InChI=1S/C33H36FN5O4/c34-26-20-24-30-32(29(26)35-8-5-12-38-14-16-42-17-15-38)43-28-19-23-7-2-1-6-22(23)18-27(28)39(30)21-25(31(24)40)33(41)36-9-13-37-10-3-4-11-37/h1-2,6-7,18-21,35H,3-5,8-17H2,(H,36,41). The fraction of sp³-hybridized carbons (Fsp3) is 0.394. The molecular weight excluding hydrogens is 549 g/mol. The number of nitrogens with zero attached hydrogens (tertiary/aromatic N) is 3. The largest absolute Gasteiger partial charge is 0.451 e. The molecule has 4 heterocycles. The highest BCUT2D eigenvalue weighted by Gasteiger charge is 2.29. The van der Waals surface area contributed by atoms with Crippen LogP contribution in [-0.2, 0) is 4.74 Å². The average Bonchev–Trinajstić information content (AvgIpc) is 3.54. The third-order valence-electron chi connectivity index (χ3n) is 8.71. The maximum Gasteiger partial charge on any atom is 0.256 e. The Hall–Kier alpha value is -3.99. The maximum atomic E-state index is 15.8. The molecule has 2 saturated heterocycles. The molecule has 3 aromatic carbocycles. The lowest BCUT2D eigenvalue weighted by Crippen LogP contribution is -2.37. The fourth-order valence-electron chi connectivity index (χ4n) is 6.40. The van der Waals surface area contributed by atoms with Gasteiger partial charge in [0, 0.05) is 38.9 Å². The molecule has 3 aliphatic heterocycles. The molecule has 2 fully saturated rings. The lowest BCUT2D eigenvalue weighted by Gasteiger charge is -2.28. The van der Waals surface area contributed by atoms with Gasteiger partial charge in [-0.2, -0.15) is 0 Å². The maximum absolute atomic E-state index is 15.8. The van der Waals surface area contributed by atoms with Gasteiger partial charge < -0.3 is 29.6 Å². The van der Waals surface area contributed by atoms with E-state index in [0.29, 0.717) is 30.0 Å². The van der Waals surface area contributed by atoms with Crippen LogP contribution >= 0.6 is 0 Å². The number of rotatable bonds is 9. The first-order valence-electron chi connectivity index (χ1n) is 15.2. The highest BCUT2D eigenvalue weighted by molar-refractivity contribution is 6.02. The number of benzene rings is 3. The number of halogens is 1. The fourth-order valence-corrected chi connectivity index (χ4v) is 6.40. The van der Waals surface area contributed by atoms with Crippen molar-refractivity contribution in [3.63, 3.8) is 0 Å². The summed E-state index contributed by atoms with van der Waals surface area (Å²) >= 11 is 0. The summed E-state index contributed by atoms with van der Waals surface area (Å²) in [7, 11) is 0. The molecule has 1 amide bonds. The molecule has 9 nitrogen and oxygen atoms in total. The van der Waals surface area contributed by atoms with Crippen molar-refractivity contribution in [2.24, 2.45) is 0 Å². The van der Waals surface area contributed by atoms with Crippen molar-refractivity contribution >= 4 is 33.3 Å². The van der Waals surface area contributed by atoms with Crippen LogP contribution in [0.1, 0.15) is 29.6 Å². The number of hydrogen-bond donors (Lipinski definition) is 2. The summed E-state index contributed by atoms with van der Waals surface area (Å²) in [5.41, 5.74) is 0.804. The van der Waals surface area contributed by atoms with Gasteiger partial charge in [-0.3, -0.25) is 14.5 Å². The number of carbonyl (C=O) groups excluding carboxylic acids is 1. The molecule has 2 N–H and O–H groups in total. The quantitative estimate of drug-likeness (QED) is 0.249. The number of hydrogen-bond acceptors (Lipinski definition) is 7. The van der Waals surface area contributed by atoms with Gasteiger partial charge >= 0.3 is 0 Å². The minimum atomic E-state index is -0.589. The van der Waals surface area contributed by atoms with Crippen molar-refractivity contribution < 1.29 is 18.7 Å². The number of morpholine rings is 1. The molecule has 10 heteroatoms. The second kappa shape index (κ2) is 11.9. The number of nitrogens with one attached hydrogen (secondary N) is 2. The van der Waals surface area contributed by atoms with Crippen LogP contribution < -0.4 is 20.8 Å². The zero-order valence-corrected chi connectivity index (χ0v) is 24.2. The summed E-state index contributed by atoms with van der Waals surface area (Å²) in [5, 5.41) is 8.23. The smallest absolute Gasteiger partial charge is 0.256 e. The van der Waals surface area contributed by atoms with E-state index in [0.717, 1.165) is 82.5 Å². The molecule has 3 aliphatic rings. The molecule has 0 aliphatic carbocycles. The first-order valence-corrected chi connectivity index (χ1v) is 15.2. The Morgan fingerprint density at radius 2 is 1.67 bits per heavy atom. The van der Waals surface area contributed by atoms with E-state index in [1.54, 1.807) is 6.20 Å². The highest BCUT2D eigenvalue weighted by atomic mass is 19.1. The van der Waals surface area contributed by atoms with Crippen LogP contribution in [0, 0.1) is 5.82 Å². The molecule has 0 unspecified atom stereocenters. The lowest BCUT2D eigenvalue weighted by atomic mass is 10.0. The predicted octanol–water partition coefficient (Wildman–Crippen LogP) is 4.35. The van der Waals surface area contributed by atoms with E-state index in [2.05, 4.69) is 20.4 Å². The van der Waals surface area contributed by atoms with Crippen LogP contribution in [-0.4, -0.2) is 85.8 Å². The SMILES string of the molecule is O=C(NCCN1CCCC1)c1cn2c3c(c(NCCCN4CCOCC4)c(F)cc3c1=O)Oc1cc3ccccc3cc1-2. The number of amides is 1. The van der Waals surface area contributed by atoms with E-state index in [1.165, 1.54) is 6.07 Å². The molecule has 0 spiro atoms. The number of ether oxygens (including phenoxy) is 2. The number of likely N-dealkylation sites (tertiary alicyclic amines) is 1. The normalized spacial score (nSPS) is 16.8. The van der Waals surface area contributed by atoms with Crippen LogP contribution in [0.2, 0.25) is 0 Å². The first kappa shape index (κ1) is 27.8. The van der Waals surface area contributed by atoms with E-state index in [1.807, 2.05) is 41.0 Å². The highest BCUT2D eigenvalue weighted by Crippen LogP contribution is 2.46. The van der Waals surface area contributed by atoms with E-state index < -0.39 is 17.2 Å². The van der Waals surface area contributed by atoms with Crippen molar-refractivity contribution in [3.8, 4) is 17.2 Å². The average molecular weight is 586 g/mol. The van der Waals surface area contributed by atoms with Crippen molar-refractivity contribution in [3.05, 3.63) is 70.3 Å². The van der Waals surface area contributed by atoms with Crippen LogP contribution in [0.4, 0.5) is 10.1 Å². The van der Waals surface area contributed by atoms with Gasteiger partial charge in [-0.05, 0) is 67.9 Å². The summed E-state index contributed by atoms with van der Waals surface area (Å²) in [6.07, 6.45) is 4.72. The van der Waals surface area contributed by atoms with Crippen LogP contribution in [0.25, 0.3) is 27.4 Å². The number of carbonyl (C=O) groups is 1. The molecular formula is C33H36FN5O4. The summed E-state index contributed by atoms with van der Waals surface area (Å²) in [5.74, 6) is -0.273. The lowest BCUT2D eigenvalue weighted by molar-refractivity contribution is 0.0378. The molecule has 0 radical (unpaired) electrons. The Labute approximate surface area is 249 Å². The van der Waals surface area contributed by atoms with Crippen molar-refractivity contribution in [2.75, 3.05) is 70.9 Å². The van der Waals surface area contributed by atoms with Gasteiger partial charge in [0.1, 0.15) is 16.8 Å². The van der Waals surface area contributed by atoms with E-state index in [9.17, 15) is 9.59 Å². The zero-order valence-electron chi connectivity index (χ0n) is 24.2. The second-order valence-corrected chi connectivity index (χ2v) is 11.5.